The van der Waals surface area contributed by atoms with Crippen molar-refractivity contribution in [2.24, 2.45) is 5.92 Å². The lowest BCUT2D eigenvalue weighted by Gasteiger charge is -2.04. The quantitative estimate of drug-likeness (QED) is 0.105. The first kappa shape index (κ1) is 63.0. The van der Waals surface area contributed by atoms with Gasteiger partial charge in [0.25, 0.3) is 0 Å². The van der Waals surface area contributed by atoms with Crippen LogP contribution in [0.1, 0.15) is 121 Å². The molecular formula is C68H91NOS. The van der Waals surface area contributed by atoms with Crippen molar-refractivity contribution in [3.8, 4) is 5.75 Å². The van der Waals surface area contributed by atoms with Crippen molar-refractivity contribution in [2.45, 2.75) is 150 Å². The molecule has 0 aromatic heterocycles. The van der Waals surface area contributed by atoms with Crippen LogP contribution in [-0.4, -0.2) is 5.11 Å². The van der Waals surface area contributed by atoms with Crippen molar-refractivity contribution in [3.63, 3.8) is 0 Å². The molecular weight excluding hydrogens is 879 g/mol. The predicted molar refractivity (Wildman–Crippen MR) is 320 cm³/mol. The number of rotatable bonds is 0. The number of hydrogen-bond donors (Lipinski definition) is 3. The van der Waals surface area contributed by atoms with Crippen LogP contribution >= 0.6 is 12.6 Å². The lowest BCUT2D eigenvalue weighted by atomic mass is 10.0. The van der Waals surface area contributed by atoms with E-state index in [0.29, 0.717) is 11.7 Å². The molecule has 0 aliphatic heterocycles. The van der Waals surface area contributed by atoms with Crippen LogP contribution in [0.2, 0.25) is 0 Å². The van der Waals surface area contributed by atoms with Crippen molar-refractivity contribution in [1.82, 2.24) is 0 Å². The van der Waals surface area contributed by atoms with E-state index in [1.54, 1.807) is 0 Å². The maximum Gasteiger partial charge on any atom is 0.121 e. The average Bonchev–Trinajstić information content (AvgIpc) is 3.62. The zero-order valence-electron chi connectivity index (χ0n) is 47.8. The van der Waals surface area contributed by atoms with E-state index in [4.69, 9.17) is 5.73 Å². The summed E-state index contributed by atoms with van der Waals surface area (Å²) in [5, 5.41) is 9.21. The van der Waals surface area contributed by atoms with Gasteiger partial charge in [0.1, 0.15) is 5.75 Å². The van der Waals surface area contributed by atoms with Gasteiger partial charge in [-0.3, -0.25) is 0 Å². The van der Waals surface area contributed by atoms with Gasteiger partial charge >= 0.3 is 0 Å². The Morgan fingerprint density at radius 2 is 0.493 bits per heavy atom. The van der Waals surface area contributed by atoms with Gasteiger partial charge in [0.05, 0.1) is 0 Å². The molecule has 71 heavy (non-hydrogen) atoms. The van der Waals surface area contributed by atoms with Gasteiger partial charge < -0.3 is 10.8 Å². The van der Waals surface area contributed by atoms with Crippen molar-refractivity contribution < 1.29 is 5.11 Å². The van der Waals surface area contributed by atoms with Gasteiger partial charge in [0, 0.05) is 10.6 Å². The Morgan fingerprint density at radius 1 is 0.310 bits per heavy atom. The molecule has 7 aromatic rings. The van der Waals surface area contributed by atoms with Crippen LogP contribution in [0, 0.1) is 131 Å². The first-order chi connectivity index (χ1) is 33.2. The molecule has 0 spiro atoms. The molecule has 0 heterocycles. The zero-order chi connectivity index (χ0) is 54.1. The highest BCUT2D eigenvalue weighted by Crippen LogP contribution is 2.25. The molecule has 1 aliphatic rings. The second-order valence-corrected chi connectivity index (χ2v) is 19.8. The highest BCUT2D eigenvalue weighted by Gasteiger charge is 2.09. The lowest BCUT2D eigenvalue weighted by molar-refractivity contribution is 0.467. The number of anilines is 1. The molecule has 0 unspecified atom stereocenters. The van der Waals surface area contributed by atoms with Crippen LogP contribution in [0.25, 0.3) is 0 Å². The Hall–Kier alpha value is -6.03. The summed E-state index contributed by atoms with van der Waals surface area (Å²) in [6, 6.07) is 43.4. The van der Waals surface area contributed by atoms with E-state index in [9.17, 15) is 5.11 Å². The van der Waals surface area contributed by atoms with Gasteiger partial charge in [0.2, 0.25) is 0 Å². The molecule has 0 atom stereocenters. The Balaban J connectivity index is 0.000000406. The molecule has 3 heteroatoms. The van der Waals surface area contributed by atoms with Crippen LogP contribution in [0.4, 0.5) is 5.69 Å². The third-order valence-corrected chi connectivity index (χ3v) is 14.6. The van der Waals surface area contributed by atoms with E-state index >= 15 is 0 Å². The van der Waals surface area contributed by atoms with Crippen LogP contribution in [0.5, 0.6) is 5.75 Å². The summed E-state index contributed by atoms with van der Waals surface area (Å²) in [5.41, 5.74) is 33.0. The fourth-order valence-corrected chi connectivity index (χ4v) is 7.09. The number of thiol groups is 1. The molecule has 0 radical (unpaired) electrons. The van der Waals surface area contributed by atoms with Gasteiger partial charge in [-0.1, -0.05) is 158 Å². The minimum absolute atomic E-state index is 0.414. The number of para-hydroxylation sites is 2. The maximum atomic E-state index is 9.21. The SMILES string of the molecule is CC1=CC=C(C)C1C.Cc1cccc(C)c1C.Cc1cccc(C)c1C.Cc1cccc(C)c1C.Cc1cccc(C)c1C.Cc1cccc(C)c1N.Cc1cccc(C)c1O.Cc1cccc(C)c1S. The minimum Gasteiger partial charge on any atom is -0.507 e. The number of aromatic hydroxyl groups is 1. The normalized spacial score (nSPS) is 10.9. The summed E-state index contributed by atoms with van der Waals surface area (Å²) in [6.07, 6.45) is 4.39. The van der Waals surface area contributed by atoms with E-state index in [1.165, 1.54) is 89.0 Å². The second kappa shape index (κ2) is 32.0. The standard InChI is InChI=1S/4C9H12.C8H11N.C8H10O.C8H10S.C8H12/c4*1-7-5-4-6-8(2)9(7)3;3*1-6-4-3-5-7(2)8(6)9;1-6-4-5-7(2)8(6)3/h4*4-6H,1-3H3;3-5H,9H2,1-2H3;2*3-5,9H,1-2H3;4-5,8H,1-3H3. The Labute approximate surface area is 439 Å². The number of nitrogens with two attached hydrogens (primary N) is 1. The van der Waals surface area contributed by atoms with Gasteiger partial charge in [-0.2, -0.15) is 0 Å². The number of hydrogen-bond acceptors (Lipinski definition) is 3. The number of phenolic OH excluding ortho intramolecular Hbond substituents is 1. The first-order valence-electron chi connectivity index (χ1n) is 25.0. The van der Waals surface area contributed by atoms with Gasteiger partial charge in [-0.25, -0.2) is 0 Å². The molecule has 0 saturated heterocycles. The van der Waals surface area contributed by atoms with Crippen LogP contribution in [-0.2, 0) is 0 Å². The Kier molecular flexibility index (Phi) is 28.4. The van der Waals surface area contributed by atoms with Crippen LogP contribution in [0.15, 0.2) is 156 Å². The predicted octanol–water partition coefficient (Wildman–Crippen LogP) is 19.5. The van der Waals surface area contributed by atoms with Gasteiger partial charge in [-0.15, -0.1) is 12.6 Å². The maximum absolute atomic E-state index is 9.21. The van der Waals surface area contributed by atoms with E-state index in [-0.39, 0.29) is 0 Å². The van der Waals surface area contributed by atoms with Crippen molar-refractivity contribution in [2.75, 3.05) is 5.73 Å². The highest BCUT2D eigenvalue weighted by atomic mass is 32.1. The third-order valence-electron chi connectivity index (χ3n) is 13.9. The van der Waals surface area contributed by atoms with E-state index in [2.05, 4.69) is 227 Å². The molecule has 0 bridgehead atoms. The lowest BCUT2D eigenvalue weighted by Crippen LogP contribution is -1.91. The molecule has 0 amide bonds. The second-order valence-electron chi connectivity index (χ2n) is 19.4. The molecule has 3 N–H and O–H groups in total. The van der Waals surface area contributed by atoms with E-state index in [0.717, 1.165) is 32.8 Å². The van der Waals surface area contributed by atoms with Crippen molar-refractivity contribution in [3.05, 3.63) is 251 Å². The molecule has 380 valence electrons. The molecule has 0 fully saturated rings. The largest absolute Gasteiger partial charge is 0.507 e. The summed E-state index contributed by atoms with van der Waals surface area (Å²) in [7, 11) is 0. The molecule has 1 aliphatic carbocycles. The van der Waals surface area contributed by atoms with Gasteiger partial charge in [-0.05, 0) is 245 Å². The molecule has 2 nitrogen and oxygen atoms in total. The zero-order valence-corrected chi connectivity index (χ0v) is 48.7. The monoisotopic (exact) mass is 970 g/mol. The van der Waals surface area contributed by atoms with Crippen molar-refractivity contribution >= 4 is 18.3 Å². The first-order valence-corrected chi connectivity index (χ1v) is 25.5. The van der Waals surface area contributed by atoms with E-state index < -0.39 is 0 Å². The molecule has 8 rings (SSSR count). The highest BCUT2D eigenvalue weighted by molar-refractivity contribution is 7.80. The molecule has 7 aromatic carbocycles. The van der Waals surface area contributed by atoms with Crippen molar-refractivity contribution in [1.29, 1.82) is 0 Å². The number of nitrogen functional groups attached to an aromatic ring is 1. The summed E-state index contributed by atoms with van der Waals surface area (Å²) < 4.78 is 0. The fourth-order valence-electron chi connectivity index (χ4n) is 6.94. The van der Waals surface area contributed by atoms with Crippen LogP contribution < -0.4 is 5.73 Å². The average molecular weight is 971 g/mol. The summed E-state index contributed by atoms with van der Waals surface area (Å²) in [5.74, 6) is 1.12. The number of allylic oxidation sites excluding steroid dienone is 4. The summed E-state index contributed by atoms with van der Waals surface area (Å²) >= 11 is 4.31. The smallest absolute Gasteiger partial charge is 0.121 e. The van der Waals surface area contributed by atoms with Gasteiger partial charge in [0.15, 0.2) is 0 Å². The van der Waals surface area contributed by atoms with Crippen LogP contribution in [0.3, 0.4) is 0 Å². The number of benzene rings is 7. The summed E-state index contributed by atoms with van der Waals surface area (Å²) in [6.45, 7) is 44.3. The molecule has 0 saturated carbocycles. The Morgan fingerprint density at radius 3 is 0.634 bits per heavy atom. The Bertz CT molecular complexity index is 2160. The number of phenols is 1. The number of aryl methyl sites for hydroxylation is 14. The fraction of sp³-hybridized carbons (Fsp3) is 0.324. The van der Waals surface area contributed by atoms with E-state index in [1.807, 2.05) is 70.2 Å². The summed E-state index contributed by atoms with van der Waals surface area (Å²) in [4.78, 5) is 1.11. The third kappa shape index (κ3) is 22.3. The topological polar surface area (TPSA) is 46.2 Å². The minimum atomic E-state index is 0.414.